The van der Waals surface area contributed by atoms with Crippen molar-refractivity contribution in [2.24, 2.45) is 14.1 Å². The number of anilines is 1. The van der Waals surface area contributed by atoms with E-state index in [0.717, 1.165) is 29.5 Å². The number of hydrogen-bond acceptors (Lipinski definition) is 7. The first kappa shape index (κ1) is 24.2. The topological polar surface area (TPSA) is 110 Å². The third-order valence-corrected chi connectivity index (χ3v) is 7.49. The van der Waals surface area contributed by atoms with Gasteiger partial charge < -0.3 is 19.5 Å². The Kier molecular flexibility index (Phi) is 5.91. The van der Waals surface area contributed by atoms with Gasteiger partial charge in [-0.2, -0.15) is 0 Å². The Morgan fingerprint density at radius 1 is 1.11 bits per heavy atom. The van der Waals surface area contributed by atoms with Crippen LogP contribution in [0.25, 0.3) is 10.9 Å². The summed E-state index contributed by atoms with van der Waals surface area (Å²) in [6, 6.07) is 10.9. The van der Waals surface area contributed by atoms with E-state index in [1.807, 2.05) is 18.2 Å². The summed E-state index contributed by atoms with van der Waals surface area (Å²) >= 11 is 0. The molecule has 10 nitrogen and oxygen atoms in total. The van der Waals surface area contributed by atoms with Crippen LogP contribution in [0.2, 0.25) is 0 Å². The number of hydrogen-bond donors (Lipinski definition) is 1. The summed E-state index contributed by atoms with van der Waals surface area (Å²) in [4.78, 5) is 33.8. The number of fused-ring (bicyclic) bond motifs is 1. The lowest BCUT2D eigenvalue weighted by molar-refractivity contribution is 0.00383. The molecule has 1 atom stereocenters. The van der Waals surface area contributed by atoms with E-state index in [0.29, 0.717) is 29.6 Å². The Hall–Kier alpha value is -4.18. The van der Waals surface area contributed by atoms with Crippen molar-refractivity contribution in [2.45, 2.75) is 44.3 Å². The molecule has 0 radical (unpaired) electrons. The van der Waals surface area contributed by atoms with Crippen LogP contribution in [0.5, 0.6) is 17.2 Å². The van der Waals surface area contributed by atoms with Crippen molar-refractivity contribution in [3.8, 4) is 17.2 Å². The first-order valence-corrected chi connectivity index (χ1v) is 12.7. The summed E-state index contributed by atoms with van der Waals surface area (Å²) in [7, 11) is 3.34. The largest absolute Gasteiger partial charge is 0.491 e. The molecule has 38 heavy (non-hydrogen) atoms. The zero-order chi connectivity index (χ0) is 26.4. The van der Waals surface area contributed by atoms with Gasteiger partial charge in [-0.3, -0.25) is 23.9 Å². The normalized spacial score (nSPS) is 17.6. The van der Waals surface area contributed by atoms with Crippen molar-refractivity contribution in [3.63, 3.8) is 0 Å². The molecule has 1 saturated heterocycles. The smallest absolute Gasteiger partial charge is 0.279 e. The molecule has 0 bridgehead atoms. The molecule has 6 rings (SSSR count). The molecule has 2 aliphatic rings. The summed E-state index contributed by atoms with van der Waals surface area (Å²) in [5, 5.41) is 3.52. The van der Waals surface area contributed by atoms with Crippen LogP contribution in [0.15, 0.2) is 53.6 Å². The Labute approximate surface area is 219 Å². The number of rotatable bonds is 7. The number of carbonyl (C=O) groups excluding carboxylic acids is 1. The minimum atomic E-state index is -0.505. The Morgan fingerprint density at radius 3 is 2.61 bits per heavy atom. The molecule has 1 N–H and O–H groups in total. The zero-order valence-corrected chi connectivity index (χ0v) is 21.6. The van der Waals surface area contributed by atoms with Crippen LogP contribution in [0.3, 0.4) is 0 Å². The summed E-state index contributed by atoms with van der Waals surface area (Å²) in [6.45, 7) is 2.26. The molecule has 196 valence electrons. The van der Waals surface area contributed by atoms with Crippen molar-refractivity contribution in [1.82, 2.24) is 19.3 Å². The quantitative estimate of drug-likeness (QED) is 0.394. The average molecular weight is 516 g/mol. The molecule has 1 unspecified atom stereocenters. The van der Waals surface area contributed by atoms with Crippen LogP contribution >= 0.6 is 0 Å². The SMILES string of the molecule is Cc1c(C(=O)Nc2ccc(Oc3ccnc4cc(OCC5CCC6(CC6)O5)ccc34)cn2)c(=O)n(C)n1C. The lowest BCUT2D eigenvalue weighted by Crippen LogP contribution is -2.24. The highest BCUT2D eigenvalue weighted by atomic mass is 16.6. The molecule has 1 saturated carbocycles. The highest BCUT2D eigenvalue weighted by Crippen LogP contribution is 2.49. The first-order valence-electron chi connectivity index (χ1n) is 12.7. The van der Waals surface area contributed by atoms with Gasteiger partial charge in [0.15, 0.2) is 0 Å². The highest BCUT2D eigenvalue weighted by Gasteiger charge is 2.49. The van der Waals surface area contributed by atoms with Gasteiger partial charge in [0.05, 0.1) is 23.4 Å². The van der Waals surface area contributed by atoms with Crippen molar-refractivity contribution in [2.75, 3.05) is 11.9 Å². The molecule has 4 aromatic rings. The number of amides is 1. The van der Waals surface area contributed by atoms with Gasteiger partial charge in [-0.15, -0.1) is 0 Å². The molecule has 1 aliphatic heterocycles. The molecule has 1 amide bonds. The molecule has 10 heteroatoms. The Bertz CT molecular complexity index is 1590. The predicted molar refractivity (Wildman–Crippen MR) is 141 cm³/mol. The van der Waals surface area contributed by atoms with E-state index in [1.165, 1.54) is 23.7 Å². The number of nitrogens with zero attached hydrogens (tertiary/aromatic N) is 4. The second-order valence-corrected chi connectivity index (χ2v) is 10.0. The average Bonchev–Trinajstić information content (AvgIpc) is 3.51. The van der Waals surface area contributed by atoms with Crippen molar-refractivity contribution in [1.29, 1.82) is 0 Å². The lowest BCUT2D eigenvalue weighted by Gasteiger charge is -2.14. The van der Waals surface area contributed by atoms with E-state index in [2.05, 4.69) is 15.3 Å². The van der Waals surface area contributed by atoms with Gasteiger partial charge in [-0.1, -0.05) is 0 Å². The minimum absolute atomic E-state index is 0.0892. The fourth-order valence-electron chi connectivity index (χ4n) is 4.91. The van der Waals surface area contributed by atoms with Crippen LogP contribution in [-0.4, -0.2) is 43.6 Å². The van der Waals surface area contributed by atoms with Gasteiger partial charge >= 0.3 is 0 Å². The minimum Gasteiger partial charge on any atom is -0.491 e. The number of benzene rings is 1. The number of ether oxygens (including phenoxy) is 3. The van der Waals surface area contributed by atoms with Crippen LogP contribution in [-0.2, 0) is 18.8 Å². The summed E-state index contributed by atoms with van der Waals surface area (Å²) < 4.78 is 21.2. The van der Waals surface area contributed by atoms with E-state index in [9.17, 15) is 9.59 Å². The Balaban J connectivity index is 1.12. The third kappa shape index (κ3) is 4.51. The summed E-state index contributed by atoms with van der Waals surface area (Å²) in [5.41, 5.74) is 1.21. The van der Waals surface area contributed by atoms with E-state index < -0.39 is 5.91 Å². The molecule has 2 fully saturated rings. The van der Waals surface area contributed by atoms with Crippen molar-refractivity contribution >= 4 is 22.6 Å². The molecule has 1 spiro atoms. The maximum absolute atomic E-state index is 12.7. The van der Waals surface area contributed by atoms with Gasteiger partial charge in [-0.05, 0) is 62.9 Å². The predicted octanol–water partition coefficient (Wildman–Crippen LogP) is 4.11. The highest BCUT2D eigenvalue weighted by molar-refractivity contribution is 6.04. The fourth-order valence-corrected chi connectivity index (χ4v) is 4.91. The fraction of sp³-hybridized carbons (Fsp3) is 0.357. The van der Waals surface area contributed by atoms with E-state index in [4.69, 9.17) is 14.2 Å². The van der Waals surface area contributed by atoms with Crippen LogP contribution in [0, 0.1) is 6.92 Å². The lowest BCUT2D eigenvalue weighted by atomic mass is 10.2. The standard InChI is InChI=1S/C28H29N5O5/c1-17-25(27(35)33(3)32(17)2)26(34)31-24-7-5-19(15-30-24)37-23-9-13-29-22-14-18(4-6-21(22)23)36-16-20-8-10-28(38-20)11-12-28/h4-7,9,13-15,20H,8,10-12,16H2,1-3H3,(H,30,31,34). The molecule has 1 aromatic carbocycles. The van der Waals surface area contributed by atoms with Gasteiger partial charge in [0.25, 0.3) is 11.5 Å². The van der Waals surface area contributed by atoms with Gasteiger partial charge in [0.2, 0.25) is 0 Å². The van der Waals surface area contributed by atoms with Crippen molar-refractivity contribution < 1.29 is 19.0 Å². The second kappa shape index (κ2) is 9.29. The van der Waals surface area contributed by atoms with Gasteiger partial charge in [0, 0.05) is 37.4 Å². The molecular weight excluding hydrogens is 486 g/mol. The third-order valence-electron chi connectivity index (χ3n) is 7.49. The molecular formula is C28H29N5O5. The summed E-state index contributed by atoms with van der Waals surface area (Å²) in [6.07, 6.45) is 7.88. The Morgan fingerprint density at radius 2 is 1.92 bits per heavy atom. The van der Waals surface area contributed by atoms with Crippen LogP contribution in [0.4, 0.5) is 5.82 Å². The van der Waals surface area contributed by atoms with Gasteiger partial charge in [0.1, 0.15) is 35.2 Å². The summed E-state index contributed by atoms with van der Waals surface area (Å²) in [5.74, 6) is 1.67. The number of aromatic nitrogens is 4. The van der Waals surface area contributed by atoms with E-state index in [-0.39, 0.29) is 22.8 Å². The first-order chi connectivity index (χ1) is 18.3. The van der Waals surface area contributed by atoms with Crippen molar-refractivity contribution in [3.05, 3.63) is 70.4 Å². The molecule has 3 aromatic heterocycles. The number of nitrogens with one attached hydrogen (secondary N) is 1. The van der Waals surface area contributed by atoms with E-state index in [1.54, 1.807) is 50.1 Å². The molecule has 1 aliphatic carbocycles. The maximum Gasteiger partial charge on any atom is 0.279 e. The zero-order valence-electron chi connectivity index (χ0n) is 21.6. The second-order valence-electron chi connectivity index (χ2n) is 10.0. The molecule has 4 heterocycles. The number of carbonyl (C=O) groups is 1. The van der Waals surface area contributed by atoms with Crippen LogP contribution < -0.4 is 20.3 Å². The van der Waals surface area contributed by atoms with Crippen LogP contribution in [0.1, 0.15) is 41.7 Å². The van der Waals surface area contributed by atoms with Gasteiger partial charge in [-0.25, -0.2) is 4.98 Å². The monoisotopic (exact) mass is 515 g/mol. The number of pyridine rings is 2. The maximum atomic E-state index is 12.7. The van der Waals surface area contributed by atoms with E-state index >= 15 is 0 Å².